The highest BCUT2D eigenvalue weighted by Crippen LogP contribution is 2.34. The number of likely N-dealkylation sites (N-methyl/N-ethyl adjacent to an activating group) is 1. The van der Waals surface area contributed by atoms with Crippen LogP contribution >= 0.6 is 22.9 Å². The summed E-state index contributed by atoms with van der Waals surface area (Å²) in [6, 6.07) is 16.6. The van der Waals surface area contributed by atoms with Crippen LogP contribution in [0.15, 0.2) is 60.0 Å². The van der Waals surface area contributed by atoms with Gasteiger partial charge in [0.15, 0.2) is 0 Å². The first-order valence-corrected chi connectivity index (χ1v) is 12.3. The third-order valence-corrected chi connectivity index (χ3v) is 7.20. The maximum absolute atomic E-state index is 13.4. The van der Waals surface area contributed by atoms with E-state index in [0.717, 1.165) is 23.3 Å². The monoisotopic (exact) mass is 482 g/mol. The molecule has 5 nitrogen and oxygen atoms in total. The second-order valence-electron chi connectivity index (χ2n) is 8.06. The van der Waals surface area contributed by atoms with Gasteiger partial charge in [0, 0.05) is 28.6 Å². The molecule has 0 bridgehead atoms. The van der Waals surface area contributed by atoms with E-state index in [1.165, 1.54) is 4.88 Å². The van der Waals surface area contributed by atoms with Crippen LogP contribution in [-0.4, -0.2) is 47.9 Å². The van der Waals surface area contributed by atoms with Gasteiger partial charge in [-0.2, -0.15) is 0 Å². The highest BCUT2D eigenvalue weighted by molar-refractivity contribution is 7.10. The molecule has 2 amide bonds. The van der Waals surface area contributed by atoms with Crippen molar-refractivity contribution in [3.63, 3.8) is 0 Å². The Morgan fingerprint density at radius 3 is 2.76 bits per heavy atom. The van der Waals surface area contributed by atoms with E-state index in [1.807, 2.05) is 43.0 Å². The first-order chi connectivity index (χ1) is 16.0. The summed E-state index contributed by atoms with van der Waals surface area (Å²) in [5.41, 5.74) is 2.67. The molecule has 3 aromatic rings. The maximum Gasteiger partial charge on any atom is 0.254 e. The number of carbonyl (C=O) groups excluding carboxylic acids is 2. The number of halogens is 1. The number of hydrogen-bond acceptors (Lipinski definition) is 4. The lowest BCUT2D eigenvalue weighted by atomic mass is 10.00. The Bertz CT molecular complexity index is 1150. The van der Waals surface area contributed by atoms with Crippen LogP contribution in [0.5, 0.6) is 5.75 Å². The summed E-state index contributed by atoms with van der Waals surface area (Å²) in [7, 11) is 0. The van der Waals surface area contributed by atoms with Crippen LogP contribution in [0.4, 0.5) is 0 Å². The summed E-state index contributed by atoms with van der Waals surface area (Å²) in [6.45, 7) is 5.31. The minimum atomic E-state index is -0.200. The van der Waals surface area contributed by atoms with Crippen LogP contribution in [-0.2, 0) is 11.2 Å². The number of ether oxygens (including phenoxy) is 1. The van der Waals surface area contributed by atoms with Crippen LogP contribution in [0.3, 0.4) is 0 Å². The number of fused-ring (bicyclic) bond motifs is 1. The van der Waals surface area contributed by atoms with Crippen molar-refractivity contribution in [3.05, 3.63) is 86.6 Å². The molecule has 0 aliphatic carbocycles. The van der Waals surface area contributed by atoms with Crippen molar-refractivity contribution in [1.82, 2.24) is 9.80 Å². The second kappa shape index (κ2) is 10.4. The van der Waals surface area contributed by atoms with Crippen molar-refractivity contribution in [3.8, 4) is 5.75 Å². The molecule has 1 aromatic heterocycles. The standard InChI is InChI=1S/C26H27ClN2O3S/c1-3-28(26(31)19-8-6-9-20(27)15-19)16-25(30)29-13-11-24-21(12-14-33-24)22(29)17-32-23-10-5-4-7-18(23)2/h4-10,12,14-15,22H,3,11,13,16-17H2,1-2H3. The fraction of sp³-hybridized carbons (Fsp3) is 0.308. The Hall–Kier alpha value is -2.83. The Morgan fingerprint density at radius 2 is 2.00 bits per heavy atom. The number of para-hydroxylation sites is 1. The van der Waals surface area contributed by atoms with Gasteiger partial charge in [-0.3, -0.25) is 9.59 Å². The zero-order valence-electron chi connectivity index (χ0n) is 18.8. The van der Waals surface area contributed by atoms with Gasteiger partial charge in [0.2, 0.25) is 5.91 Å². The molecular formula is C26H27ClN2O3S. The highest BCUT2D eigenvalue weighted by atomic mass is 35.5. The zero-order valence-corrected chi connectivity index (χ0v) is 20.4. The van der Waals surface area contributed by atoms with E-state index in [1.54, 1.807) is 40.5 Å². The normalized spacial score (nSPS) is 15.1. The molecule has 1 aliphatic rings. The second-order valence-corrected chi connectivity index (χ2v) is 9.50. The molecule has 1 aliphatic heterocycles. The molecule has 2 heterocycles. The van der Waals surface area contributed by atoms with Crippen LogP contribution < -0.4 is 4.74 Å². The summed E-state index contributed by atoms with van der Waals surface area (Å²) in [5.74, 6) is 0.537. The van der Waals surface area contributed by atoms with E-state index in [-0.39, 0.29) is 24.4 Å². The lowest BCUT2D eigenvalue weighted by Gasteiger charge is -2.37. The lowest BCUT2D eigenvalue weighted by Crippen LogP contribution is -2.47. The molecule has 1 atom stereocenters. The molecule has 0 N–H and O–H groups in total. The number of amides is 2. The van der Waals surface area contributed by atoms with Crippen molar-refractivity contribution in [2.24, 2.45) is 0 Å². The first kappa shape index (κ1) is 23.3. The van der Waals surface area contributed by atoms with Crippen LogP contribution in [0.25, 0.3) is 0 Å². The van der Waals surface area contributed by atoms with Gasteiger partial charge in [0.1, 0.15) is 18.9 Å². The highest BCUT2D eigenvalue weighted by Gasteiger charge is 2.33. The van der Waals surface area contributed by atoms with Crippen molar-refractivity contribution >= 4 is 34.8 Å². The summed E-state index contributed by atoms with van der Waals surface area (Å²) in [5, 5.41) is 2.57. The summed E-state index contributed by atoms with van der Waals surface area (Å²) < 4.78 is 6.16. The van der Waals surface area contributed by atoms with E-state index in [0.29, 0.717) is 30.3 Å². The quantitative estimate of drug-likeness (QED) is 0.454. The van der Waals surface area contributed by atoms with E-state index in [4.69, 9.17) is 16.3 Å². The molecule has 33 heavy (non-hydrogen) atoms. The van der Waals surface area contributed by atoms with Gasteiger partial charge in [-0.05, 0) is 67.1 Å². The molecule has 0 spiro atoms. The molecule has 2 aromatic carbocycles. The summed E-state index contributed by atoms with van der Waals surface area (Å²) in [6.07, 6.45) is 0.813. The fourth-order valence-electron chi connectivity index (χ4n) is 4.15. The van der Waals surface area contributed by atoms with E-state index >= 15 is 0 Å². The topological polar surface area (TPSA) is 49.9 Å². The number of nitrogens with zero attached hydrogens (tertiary/aromatic N) is 2. The van der Waals surface area contributed by atoms with Crippen molar-refractivity contribution in [2.75, 3.05) is 26.2 Å². The van der Waals surface area contributed by atoms with E-state index in [9.17, 15) is 9.59 Å². The fourth-order valence-corrected chi connectivity index (χ4v) is 5.27. The van der Waals surface area contributed by atoms with Gasteiger partial charge < -0.3 is 14.5 Å². The van der Waals surface area contributed by atoms with E-state index < -0.39 is 0 Å². The Kier molecular flexibility index (Phi) is 7.36. The van der Waals surface area contributed by atoms with Gasteiger partial charge in [-0.15, -0.1) is 11.3 Å². The number of carbonyl (C=O) groups is 2. The smallest absolute Gasteiger partial charge is 0.254 e. The van der Waals surface area contributed by atoms with Gasteiger partial charge in [0.25, 0.3) is 5.91 Å². The molecule has 7 heteroatoms. The Balaban J connectivity index is 1.52. The molecule has 4 rings (SSSR count). The largest absolute Gasteiger partial charge is 0.491 e. The minimum absolute atomic E-state index is 0.0161. The van der Waals surface area contributed by atoms with Crippen molar-refractivity contribution < 1.29 is 14.3 Å². The number of aryl methyl sites for hydroxylation is 1. The van der Waals surface area contributed by atoms with Crippen LogP contribution in [0, 0.1) is 6.92 Å². The molecule has 0 saturated carbocycles. The molecule has 172 valence electrons. The Morgan fingerprint density at radius 1 is 1.18 bits per heavy atom. The third kappa shape index (κ3) is 5.23. The number of thiophene rings is 1. The van der Waals surface area contributed by atoms with Gasteiger partial charge in [-0.25, -0.2) is 0 Å². The molecule has 0 fully saturated rings. The maximum atomic E-state index is 13.4. The minimum Gasteiger partial charge on any atom is -0.491 e. The van der Waals surface area contributed by atoms with Crippen LogP contribution in [0.1, 0.15) is 39.3 Å². The lowest BCUT2D eigenvalue weighted by molar-refractivity contribution is -0.135. The molecule has 0 saturated heterocycles. The van der Waals surface area contributed by atoms with Crippen molar-refractivity contribution in [2.45, 2.75) is 26.3 Å². The average molecular weight is 483 g/mol. The van der Waals surface area contributed by atoms with Gasteiger partial charge in [0.05, 0.1) is 6.04 Å². The number of rotatable bonds is 7. The predicted molar refractivity (Wildman–Crippen MR) is 132 cm³/mol. The molecule has 1 unspecified atom stereocenters. The first-order valence-electron chi connectivity index (χ1n) is 11.1. The summed E-state index contributed by atoms with van der Waals surface area (Å²) >= 11 is 7.78. The predicted octanol–water partition coefficient (Wildman–Crippen LogP) is 5.38. The molecular weight excluding hydrogens is 456 g/mol. The van der Waals surface area contributed by atoms with Crippen LogP contribution in [0.2, 0.25) is 5.02 Å². The SMILES string of the molecule is CCN(CC(=O)N1CCc2sccc2C1COc1ccccc1C)C(=O)c1cccc(Cl)c1. The summed E-state index contributed by atoms with van der Waals surface area (Å²) in [4.78, 5) is 31.2. The van der Waals surface area contributed by atoms with Crippen molar-refractivity contribution in [1.29, 1.82) is 0 Å². The third-order valence-electron chi connectivity index (χ3n) is 5.97. The van der Waals surface area contributed by atoms with E-state index in [2.05, 4.69) is 11.4 Å². The number of hydrogen-bond donors (Lipinski definition) is 0. The number of benzene rings is 2. The average Bonchev–Trinajstić information content (AvgIpc) is 3.30. The Labute approximate surface area is 203 Å². The molecule has 0 radical (unpaired) electrons. The zero-order chi connectivity index (χ0) is 23.4. The van der Waals surface area contributed by atoms with Gasteiger partial charge >= 0.3 is 0 Å². The van der Waals surface area contributed by atoms with Gasteiger partial charge in [-0.1, -0.05) is 35.9 Å².